The van der Waals surface area contributed by atoms with Crippen molar-refractivity contribution >= 4 is 35.0 Å². The molecule has 0 spiro atoms. The average Bonchev–Trinajstić information content (AvgIpc) is 3.67. The zero-order valence-corrected chi connectivity index (χ0v) is 23.1. The van der Waals surface area contributed by atoms with Crippen LogP contribution in [0.5, 0.6) is 11.5 Å². The molecule has 3 aliphatic rings. The number of phenols is 2. The monoisotopic (exact) mass is 550 g/mol. The number of benzene rings is 2. The van der Waals surface area contributed by atoms with Crippen molar-refractivity contribution in [3.05, 3.63) is 52.0 Å². The maximum Gasteiger partial charge on any atom is 0.158 e. The first kappa shape index (κ1) is 26.5. The lowest BCUT2D eigenvalue weighted by atomic mass is 9.69. The van der Waals surface area contributed by atoms with Crippen LogP contribution in [-0.4, -0.2) is 68.8 Å². The predicted molar refractivity (Wildman–Crippen MR) is 147 cm³/mol. The summed E-state index contributed by atoms with van der Waals surface area (Å²) in [6.07, 6.45) is 7.20. The third-order valence-electron chi connectivity index (χ3n) is 8.41. The Bertz CT molecular complexity index is 1080. The summed E-state index contributed by atoms with van der Waals surface area (Å²) in [7, 11) is 2.19. The molecule has 5 rings (SSSR count). The molecule has 0 bridgehead atoms. The van der Waals surface area contributed by atoms with Crippen molar-refractivity contribution in [1.29, 1.82) is 0 Å². The number of piperidine rings is 1. The lowest BCUT2D eigenvalue weighted by Crippen LogP contribution is -2.63. The summed E-state index contributed by atoms with van der Waals surface area (Å²) in [5.74, 6) is 0.756. The number of aliphatic hydroxyl groups is 1. The van der Waals surface area contributed by atoms with E-state index in [9.17, 15) is 15.3 Å². The van der Waals surface area contributed by atoms with Gasteiger partial charge in [-0.25, -0.2) is 0 Å². The molecule has 5 nitrogen and oxygen atoms in total. The highest BCUT2D eigenvalue weighted by atomic mass is 35.5. The molecule has 1 aliphatic heterocycles. The molecule has 0 radical (unpaired) electrons. The molecule has 3 unspecified atom stereocenters. The van der Waals surface area contributed by atoms with Crippen LogP contribution >= 0.6 is 35.0 Å². The molecule has 0 amide bonds. The summed E-state index contributed by atoms with van der Waals surface area (Å²) in [6.45, 7) is 2.96. The number of rotatable bonds is 8. The Morgan fingerprint density at radius 3 is 2.56 bits per heavy atom. The number of nitrogens with zero attached hydrogens (tertiary/aromatic N) is 2. The van der Waals surface area contributed by atoms with E-state index in [2.05, 4.69) is 16.8 Å². The molecular formula is C28H36Cl2N2O3S. The van der Waals surface area contributed by atoms with E-state index in [4.69, 9.17) is 23.2 Å². The Balaban J connectivity index is 1.27. The molecule has 3 N–H and O–H groups in total. The van der Waals surface area contributed by atoms with Gasteiger partial charge < -0.3 is 20.2 Å². The topological polar surface area (TPSA) is 67.2 Å². The maximum atomic E-state index is 12.2. The van der Waals surface area contributed by atoms with E-state index in [1.165, 1.54) is 24.5 Å². The molecular weight excluding hydrogens is 515 g/mol. The Labute approximate surface area is 228 Å². The summed E-state index contributed by atoms with van der Waals surface area (Å²) in [4.78, 5) is 5.81. The van der Waals surface area contributed by atoms with Gasteiger partial charge in [0, 0.05) is 24.0 Å². The van der Waals surface area contributed by atoms with Gasteiger partial charge in [-0.15, -0.1) is 11.8 Å². The Hall–Kier alpha value is -1.15. The predicted octanol–water partition coefficient (Wildman–Crippen LogP) is 6.01. The molecule has 3 fully saturated rings. The first-order valence-electron chi connectivity index (χ1n) is 13.0. The van der Waals surface area contributed by atoms with Crippen molar-refractivity contribution in [3.63, 3.8) is 0 Å². The van der Waals surface area contributed by atoms with E-state index in [0.717, 1.165) is 62.6 Å². The standard InChI is InChI=1S/C28H36Cl2N2O3S/c1-31(12-9-18-4-6-23(29)24(30)14-18)21-8-11-28(35)20(15-21)10-13-32(17-19-2-3-19)27(28)36-22-5-7-25(33)26(34)16-22/h4-7,14,16,19-21,27,33-35H,2-3,8-13,15,17H2,1H3/t20?,21?,27-,28?/m1/s1. The second kappa shape index (κ2) is 10.9. The first-order valence-corrected chi connectivity index (χ1v) is 14.7. The number of hydrogen-bond acceptors (Lipinski definition) is 6. The number of hydrogen-bond donors (Lipinski definition) is 3. The van der Waals surface area contributed by atoms with Gasteiger partial charge in [0.05, 0.1) is 21.0 Å². The van der Waals surface area contributed by atoms with Crippen LogP contribution in [0.25, 0.3) is 0 Å². The zero-order valence-electron chi connectivity index (χ0n) is 20.7. The fraction of sp³-hybridized carbons (Fsp3) is 0.571. The minimum atomic E-state index is -0.771. The molecule has 36 heavy (non-hydrogen) atoms. The highest BCUT2D eigenvalue weighted by Gasteiger charge is 2.53. The fourth-order valence-corrected chi connectivity index (χ4v) is 7.74. The molecule has 8 heteroatoms. The van der Waals surface area contributed by atoms with Crippen molar-refractivity contribution in [2.45, 2.75) is 66.9 Å². The van der Waals surface area contributed by atoms with E-state index in [1.807, 2.05) is 24.3 Å². The number of halogens is 2. The van der Waals surface area contributed by atoms with Gasteiger partial charge in [0.2, 0.25) is 0 Å². The number of phenolic OH excluding ortho intramolecular Hbond substituents is 2. The number of thioether (sulfide) groups is 1. The van der Waals surface area contributed by atoms with E-state index in [1.54, 1.807) is 17.8 Å². The third-order valence-corrected chi connectivity index (χ3v) is 10.6. The lowest BCUT2D eigenvalue weighted by Gasteiger charge is -2.55. The van der Waals surface area contributed by atoms with Crippen molar-refractivity contribution in [3.8, 4) is 11.5 Å². The molecule has 0 aromatic heterocycles. The van der Waals surface area contributed by atoms with Gasteiger partial charge in [0.25, 0.3) is 0 Å². The van der Waals surface area contributed by atoms with Gasteiger partial charge in [0.15, 0.2) is 11.5 Å². The van der Waals surface area contributed by atoms with Crippen LogP contribution in [0.1, 0.15) is 44.1 Å². The largest absolute Gasteiger partial charge is 0.504 e. The van der Waals surface area contributed by atoms with Crippen LogP contribution in [0.15, 0.2) is 41.3 Å². The second-order valence-corrected chi connectivity index (χ2v) is 12.9. The minimum Gasteiger partial charge on any atom is -0.504 e. The van der Waals surface area contributed by atoms with Crippen LogP contribution in [0.3, 0.4) is 0 Å². The average molecular weight is 552 g/mol. The molecule has 1 saturated heterocycles. The van der Waals surface area contributed by atoms with Crippen LogP contribution in [-0.2, 0) is 6.42 Å². The smallest absolute Gasteiger partial charge is 0.158 e. The fourth-order valence-electron chi connectivity index (χ4n) is 5.98. The molecule has 196 valence electrons. The van der Waals surface area contributed by atoms with Crippen LogP contribution in [0, 0.1) is 11.8 Å². The highest BCUT2D eigenvalue weighted by molar-refractivity contribution is 8.00. The lowest BCUT2D eigenvalue weighted by molar-refractivity contribution is -0.125. The van der Waals surface area contributed by atoms with E-state index >= 15 is 0 Å². The number of likely N-dealkylation sites (N-methyl/N-ethyl adjacent to an activating group) is 1. The zero-order chi connectivity index (χ0) is 25.4. The number of likely N-dealkylation sites (tertiary alicyclic amines) is 1. The van der Waals surface area contributed by atoms with Gasteiger partial charge >= 0.3 is 0 Å². The van der Waals surface area contributed by atoms with Crippen molar-refractivity contribution in [1.82, 2.24) is 9.80 Å². The summed E-state index contributed by atoms with van der Waals surface area (Å²) < 4.78 is 0. The van der Waals surface area contributed by atoms with E-state index in [0.29, 0.717) is 16.1 Å². The molecule has 2 saturated carbocycles. The third kappa shape index (κ3) is 5.79. The second-order valence-electron chi connectivity index (χ2n) is 10.9. The maximum absolute atomic E-state index is 12.2. The SMILES string of the molecule is CN(CCc1ccc(Cl)c(Cl)c1)C1CCC2(O)C(CCN(CC3CC3)[C@@H]2Sc2ccc(O)c(O)c2)C1. The number of aromatic hydroxyl groups is 2. The molecule has 2 aliphatic carbocycles. The summed E-state index contributed by atoms with van der Waals surface area (Å²) in [6, 6.07) is 11.3. The van der Waals surface area contributed by atoms with E-state index < -0.39 is 5.60 Å². The molecule has 2 aromatic carbocycles. The van der Waals surface area contributed by atoms with Crippen molar-refractivity contribution < 1.29 is 15.3 Å². The quantitative estimate of drug-likeness (QED) is 0.349. The van der Waals surface area contributed by atoms with Gasteiger partial charge in [-0.3, -0.25) is 4.90 Å². The minimum absolute atomic E-state index is 0.0525. The van der Waals surface area contributed by atoms with Crippen LogP contribution in [0.4, 0.5) is 0 Å². The van der Waals surface area contributed by atoms with Crippen LogP contribution in [0.2, 0.25) is 10.0 Å². The highest BCUT2D eigenvalue weighted by Crippen LogP contribution is 2.50. The molecule has 4 atom stereocenters. The summed E-state index contributed by atoms with van der Waals surface area (Å²) >= 11 is 13.9. The van der Waals surface area contributed by atoms with Gasteiger partial charge in [-0.2, -0.15) is 0 Å². The summed E-state index contributed by atoms with van der Waals surface area (Å²) in [5, 5.41) is 33.1. The van der Waals surface area contributed by atoms with Crippen LogP contribution < -0.4 is 0 Å². The summed E-state index contributed by atoms with van der Waals surface area (Å²) in [5.41, 5.74) is 0.414. The van der Waals surface area contributed by atoms with E-state index in [-0.39, 0.29) is 22.8 Å². The van der Waals surface area contributed by atoms with Gasteiger partial charge in [-0.1, -0.05) is 29.3 Å². The Morgan fingerprint density at radius 1 is 1.03 bits per heavy atom. The van der Waals surface area contributed by atoms with Gasteiger partial charge in [0.1, 0.15) is 0 Å². The van der Waals surface area contributed by atoms with Crippen molar-refractivity contribution in [2.75, 3.05) is 26.7 Å². The van der Waals surface area contributed by atoms with Crippen molar-refractivity contribution in [2.24, 2.45) is 11.8 Å². The first-order chi connectivity index (χ1) is 17.2. The number of fused-ring (bicyclic) bond motifs is 1. The molecule has 2 aromatic rings. The molecule has 1 heterocycles. The van der Waals surface area contributed by atoms with Gasteiger partial charge in [-0.05, 0) is 106 Å². The Kier molecular flexibility index (Phi) is 8.02. The normalized spacial score (nSPS) is 28.9. The Morgan fingerprint density at radius 2 is 1.83 bits per heavy atom.